The number of hydrogen-bond acceptors (Lipinski definition) is 7. The predicted molar refractivity (Wildman–Crippen MR) is 134 cm³/mol. The normalized spacial score (nSPS) is 11.2. The summed E-state index contributed by atoms with van der Waals surface area (Å²) in [7, 11) is -4.28. The van der Waals surface area contributed by atoms with E-state index in [1.807, 2.05) is 68.0 Å². The van der Waals surface area contributed by atoms with Crippen molar-refractivity contribution in [2.24, 2.45) is 0 Å². The van der Waals surface area contributed by atoms with Crippen LogP contribution in [0.25, 0.3) is 11.3 Å². The van der Waals surface area contributed by atoms with Crippen LogP contribution in [0.1, 0.15) is 27.0 Å². The first-order valence-electron chi connectivity index (χ1n) is 10.8. The summed E-state index contributed by atoms with van der Waals surface area (Å²) in [4.78, 5) is 21.5. The molecule has 0 aliphatic carbocycles. The Bertz CT molecular complexity index is 1500. The van der Waals surface area contributed by atoms with Crippen LogP contribution < -0.4 is 15.2 Å². The lowest BCUT2D eigenvalue weighted by atomic mass is 10.1. The van der Waals surface area contributed by atoms with Crippen molar-refractivity contribution in [3.05, 3.63) is 95.1 Å². The molecular formula is C26H24N4O4S. The molecule has 4 aromatic rings. The highest BCUT2D eigenvalue weighted by atomic mass is 32.2. The van der Waals surface area contributed by atoms with Crippen LogP contribution in [0.2, 0.25) is 0 Å². The molecule has 1 amide bonds. The van der Waals surface area contributed by atoms with E-state index in [-0.39, 0.29) is 22.3 Å². The lowest BCUT2D eigenvalue weighted by Gasteiger charge is -2.16. The molecule has 2 aromatic heterocycles. The second kappa shape index (κ2) is 9.55. The number of ether oxygens (including phenoxy) is 1. The van der Waals surface area contributed by atoms with E-state index >= 15 is 0 Å². The molecule has 0 atom stereocenters. The molecule has 0 aliphatic rings. The molecule has 0 radical (unpaired) electrons. The summed E-state index contributed by atoms with van der Waals surface area (Å²) in [5.41, 5.74) is 9.73. The molecule has 2 aromatic carbocycles. The Morgan fingerprint density at radius 3 is 2.23 bits per heavy atom. The van der Waals surface area contributed by atoms with Gasteiger partial charge in [0, 0.05) is 5.56 Å². The van der Waals surface area contributed by atoms with Gasteiger partial charge in [-0.1, -0.05) is 54.1 Å². The number of rotatable bonds is 6. The summed E-state index contributed by atoms with van der Waals surface area (Å²) in [5, 5.41) is -0.368. The van der Waals surface area contributed by atoms with Crippen molar-refractivity contribution in [2.45, 2.75) is 25.8 Å². The first-order valence-corrected chi connectivity index (χ1v) is 12.2. The van der Waals surface area contributed by atoms with E-state index in [0.717, 1.165) is 22.3 Å². The molecule has 0 saturated carbocycles. The lowest BCUT2D eigenvalue weighted by molar-refractivity contribution is 0.0978. The minimum atomic E-state index is -4.28. The third kappa shape index (κ3) is 5.30. The van der Waals surface area contributed by atoms with Crippen LogP contribution in [0, 0.1) is 20.8 Å². The van der Waals surface area contributed by atoms with Crippen LogP contribution in [0.15, 0.2) is 77.8 Å². The molecular weight excluding hydrogens is 464 g/mol. The Morgan fingerprint density at radius 1 is 0.886 bits per heavy atom. The van der Waals surface area contributed by atoms with Crippen LogP contribution in [0.5, 0.6) is 11.6 Å². The molecule has 4 rings (SSSR count). The fourth-order valence-electron chi connectivity index (χ4n) is 3.69. The number of hydrogen-bond donors (Lipinski definition) is 2. The molecule has 0 saturated heterocycles. The number of nitrogens with one attached hydrogen (secondary N) is 1. The molecule has 2 heterocycles. The SMILES string of the molecule is Cc1cc(C)c(Oc2nc(-c3ccccc3)ccc2C(=O)NS(=O)(=O)c2cccc(N)n2)c(C)c1. The maximum absolute atomic E-state index is 13.1. The number of anilines is 1. The molecule has 178 valence electrons. The Labute approximate surface area is 203 Å². The van der Waals surface area contributed by atoms with E-state index in [9.17, 15) is 13.2 Å². The topological polar surface area (TPSA) is 124 Å². The van der Waals surface area contributed by atoms with Gasteiger partial charge in [-0.05, 0) is 56.2 Å². The standard InChI is InChI=1S/C26H24N4O4S/c1-16-14-17(2)24(18(3)15-16)34-26-20(12-13-21(28-26)19-8-5-4-6-9-19)25(31)30-35(32,33)23-11-7-10-22(27)29-23/h4-15H,1-3H3,(H2,27,29)(H,30,31). The van der Waals surface area contributed by atoms with E-state index < -0.39 is 15.9 Å². The van der Waals surface area contributed by atoms with Crippen molar-refractivity contribution in [3.8, 4) is 22.9 Å². The number of carbonyl (C=O) groups excluding carboxylic acids is 1. The molecule has 0 bridgehead atoms. The summed E-state index contributed by atoms with van der Waals surface area (Å²) in [6.45, 7) is 5.77. The smallest absolute Gasteiger partial charge is 0.281 e. The van der Waals surface area contributed by atoms with Gasteiger partial charge in [0.2, 0.25) is 5.88 Å². The number of pyridine rings is 2. The highest BCUT2D eigenvalue weighted by molar-refractivity contribution is 7.90. The molecule has 0 unspecified atom stereocenters. The molecule has 0 spiro atoms. The van der Waals surface area contributed by atoms with Crippen molar-refractivity contribution >= 4 is 21.7 Å². The van der Waals surface area contributed by atoms with Gasteiger partial charge in [-0.3, -0.25) is 4.79 Å². The average molecular weight is 489 g/mol. The van der Waals surface area contributed by atoms with Crippen LogP contribution >= 0.6 is 0 Å². The van der Waals surface area contributed by atoms with Crippen molar-refractivity contribution in [3.63, 3.8) is 0 Å². The Hall–Kier alpha value is -4.24. The zero-order chi connectivity index (χ0) is 25.2. The summed E-state index contributed by atoms with van der Waals surface area (Å²) >= 11 is 0. The van der Waals surface area contributed by atoms with Crippen molar-refractivity contribution in [1.29, 1.82) is 0 Å². The second-order valence-electron chi connectivity index (χ2n) is 8.08. The van der Waals surface area contributed by atoms with Gasteiger partial charge in [0.15, 0.2) is 5.03 Å². The number of sulfonamides is 1. The number of benzene rings is 2. The van der Waals surface area contributed by atoms with Gasteiger partial charge in [0.05, 0.1) is 5.69 Å². The minimum absolute atomic E-state index is 0.0172. The van der Waals surface area contributed by atoms with E-state index in [0.29, 0.717) is 11.4 Å². The highest BCUT2D eigenvalue weighted by Crippen LogP contribution is 2.32. The largest absolute Gasteiger partial charge is 0.438 e. The maximum Gasteiger partial charge on any atom is 0.281 e. The van der Waals surface area contributed by atoms with Gasteiger partial charge in [-0.25, -0.2) is 14.7 Å². The molecule has 0 fully saturated rings. The number of aryl methyl sites for hydroxylation is 3. The van der Waals surface area contributed by atoms with E-state index in [1.165, 1.54) is 24.3 Å². The zero-order valence-electron chi connectivity index (χ0n) is 19.4. The Balaban J connectivity index is 1.76. The number of nitrogens with two attached hydrogens (primary N) is 1. The van der Waals surface area contributed by atoms with Crippen molar-refractivity contribution in [2.75, 3.05) is 5.73 Å². The van der Waals surface area contributed by atoms with Gasteiger partial charge in [0.25, 0.3) is 15.9 Å². The summed E-state index contributed by atoms with van der Waals surface area (Å²) in [6.07, 6.45) is 0. The van der Waals surface area contributed by atoms with Crippen LogP contribution in [-0.4, -0.2) is 24.3 Å². The van der Waals surface area contributed by atoms with Crippen LogP contribution in [0.3, 0.4) is 0 Å². The number of nitrogens with zero attached hydrogens (tertiary/aromatic N) is 2. The Kier molecular flexibility index (Phi) is 6.52. The predicted octanol–water partition coefficient (Wildman–Crippen LogP) is 4.56. The highest BCUT2D eigenvalue weighted by Gasteiger charge is 2.24. The van der Waals surface area contributed by atoms with Gasteiger partial charge in [0.1, 0.15) is 17.1 Å². The quantitative estimate of drug-likeness (QED) is 0.408. The number of amides is 1. The van der Waals surface area contributed by atoms with Crippen LogP contribution in [0.4, 0.5) is 5.82 Å². The lowest BCUT2D eigenvalue weighted by Crippen LogP contribution is -2.31. The zero-order valence-corrected chi connectivity index (χ0v) is 20.3. The van der Waals surface area contributed by atoms with E-state index in [1.54, 1.807) is 6.07 Å². The number of aromatic nitrogens is 2. The summed E-state index contributed by atoms with van der Waals surface area (Å²) in [5.74, 6) is -0.361. The average Bonchev–Trinajstić information content (AvgIpc) is 2.81. The maximum atomic E-state index is 13.1. The third-order valence-electron chi connectivity index (χ3n) is 5.23. The first-order chi connectivity index (χ1) is 16.6. The number of carbonyl (C=O) groups is 1. The van der Waals surface area contributed by atoms with Gasteiger partial charge < -0.3 is 10.5 Å². The van der Waals surface area contributed by atoms with Crippen LogP contribution in [-0.2, 0) is 10.0 Å². The molecule has 35 heavy (non-hydrogen) atoms. The fraction of sp³-hybridized carbons (Fsp3) is 0.115. The fourth-order valence-corrected chi connectivity index (χ4v) is 4.64. The molecule has 9 heteroatoms. The van der Waals surface area contributed by atoms with Gasteiger partial charge in [-0.2, -0.15) is 8.42 Å². The molecule has 3 N–H and O–H groups in total. The first kappa shape index (κ1) is 23.9. The van der Waals surface area contributed by atoms with Crippen molar-refractivity contribution in [1.82, 2.24) is 14.7 Å². The molecule has 8 nitrogen and oxygen atoms in total. The van der Waals surface area contributed by atoms with Gasteiger partial charge in [-0.15, -0.1) is 0 Å². The van der Waals surface area contributed by atoms with E-state index in [2.05, 4.69) is 9.97 Å². The van der Waals surface area contributed by atoms with Crippen molar-refractivity contribution < 1.29 is 17.9 Å². The van der Waals surface area contributed by atoms with Gasteiger partial charge >= 0.3 is 0 Å². The summed E-state index contributed by atoms with van der Waals surface area (Å²) in [6, 6.07) is 20.6. The van der Waals surface area contributed by atoms with E-state index in [4.69, 9.17) is 10.5 Å². The monoisotopic (exact) mass is 488 g/mol. The minimum Gasteiger partial charge on any atom is -0.438 e. The molecule has 0 aliphatic heterocycles. The Morgan fingerprint density at radius 2 is 1.57 bits per heavy atom. The third-order valence-corrected chi connectivity index (χ3v) is 6.46. The summed E-state index contributed by atoms with van der Waals surface area (Å²) < 4.78 is 33.7. The number of nitrogen functional groups attached to an aromatic ring is 1. The second-order valence-corrected chi connectivity index (χ2v) is 9.71.